The second-order valence-corrected chi connectivity index (χ2v) is 9.37. The van der Waals surface area contributed by atoms with Crippen molar-refractivity contribution in [2.75, 3.05) is 0 Å². The van der Waals surface area contributed by atoms with Crippen LogP contribution in [0.5, 0.6) is 0 Å². The highest BCUT2D eigenvalue weighted by Crippen LogP contribution is 2.41. The standard InChI is InChI=1S/C23H33NO5/c1-22(2,3)29-21(26)24-18(14-16-10-6-4-7-11-16)19-15-17(20(25)28-19)23(27)12-8-5-9-13-23/h4,6-7,10-11,17-19,27H,5,8-9,12-15H2,1-3H3,(H,24,26)/t17-,18-,19-/m0/s1. The molecule has 0 spiro atoms. The normalized spacial score (nSPS) is 25.2. The molecule has 1 aliphatic carbocycles. The lowest BCUT2D eigenvalue weighted by Gasteiger charge is -2.35. The van der Waals surface area contributed by atoms with E-state index >= 15 is 0 Å². The Balaban J connectivity index is 1.74. The number of cyclic esters (lactones) is 1. The molecule has 1 aromatic rings. The van der Waals surface area contributed by atoms with E-state index in [1.54, 1.807) is 0 Å². The highest BCUT2D eigenvalue weighted by molar-refractivity contribution is 5.76. The lowest BCUT2D eigenvalue weighted by atomic mass is 9.74. The monoisotopic (exact) mass is 403 g/mol. The van der Waals surface area contributed by atoms with E-state index in [-0.39, 0.29) is 5.97 Å². The van der Waals surface area contributed by atoms with Crippen LogP contribution in [0.4, 0.5) is 4.79 Å². The van der Waals surface area contributed by atoms with Crippen molar-refractivity contribution in [2.45, 2.75) is 89.1 Å². The van der Waals surface area contributed by atoms with E-state index in [9.17, 15) is 14.7 Å². The van der Waals surface area contributed by atoms with Crippen molar-refractivity contribution in [1.29, 1.82) is 0 Å². The molecular formula is C23H33NO5. The van der Waals surface area contributed by atoms with Crippen LogP contribution in [-0.2, 0) is 20.7 Å². The molecule has 1 aromatic carbocycles. The minimum absolute atomic E-state index is 0.358. The molecule has 1 amide bonds. The van der Waals surface area contributed by atoms with Gasteiger partial charge in [0, 0.05) is 6.42 Å². The Kier molecular flexibility index (Phi) is 6.52. The fourth-order valence-electron chi connectivity index (χ4n) is 4.41. The average molecular weight is 404 g/mol. The van der Waals surface area contributed by atoms with Gasteiger partial charge in [-0.3, -0.25) is 4.79 Å². The zero-order chi connectivity index (χ0) is 21.1. The predicted octanol–water partition coefficient (Wildman–Crippen LogP) is 3.75. The first kappa shape index (κ1) is 21.6. The second kappa shape index (κ2) is 8.74. The maximum Gasteiger partial charge on any atom is 0.408 e. The molecule has 2 fully saturated rings. The summed E-state index contributed by atoms with van der Waals surface area (Å²) in [5, 5.41) is 14.0. The van der Waals surface area contributed by atoms with Crippen molar-refractivity contribution >= 4 is 12.1 Å². The van der Waals surface area contributed by atoms with Crippen LogP contribution in [0.3, 0.4) is 0 Å². The molecule has 0 aromatic heterocycles. The Hall–Kier alpha value is -2.08. The van der Waals surface area contributed by atoms with E-state index in [1.165, 1.54) is 0 Å². The molecule has 0 unspecified atom stereocenters. The molecule has 1 heterocycles. The van der Waals surface area contributed by atoms with Crippen LogP contribution in [-0.4, -0.2) is 40.5 Å². The number of alkyl carbamates (subject to hydrolysis) is 1. The maximum atomic E-state index is 12.6. The third-order valence-corrected chi connectivity index (χ3v) is 5.84. The number of nitrogens with one attached hydrogen (secondary N) is 1. The zero-order valence-corrected chi connectivity index (χ0v) is 17.6. The van der Waals surface area contributed by atoms with E-state index in [1.807, 2.05) is 51.1 Å². The number of esters is 1. The largest absolute Gasteiger partial charge is 0.460 e. The highest BCUT2D eigenvalue weighted by atomic mass is 16.6. The number of rotatable bonds is 5. The highest BCUT2D eigenvalue weighted by Gasteiger charge is 2.50. The minimum atomic E-state index is -0.993. The fraction of sp³-hybridized carbons (Fsp3) is 0.652. The van der Waals surface area contributed by atoms with Crippen molar-refractivity contribution < 1.29 is 24.2 Å². The Bertz CT molecular complexity index is 706. The fourth-order valence-corrected chi connectivity index (χ4v) is 4.41. The lowest BCUT2D eigenvalue weighted by Crippen LogP contribution is -2.47. The molecule has 6 heteroatoms. The van der Waals surface area contributed by atoms with Gasteiger partial charge < -0.3 is 19.9 Å². The third kappa shape index (κ3) is 5.72. The predicted molar refractivity (Wildman–Crippen MR) is 109 cm³/mol. The van der Waals surface area contributed by atoms with Crippen molar-refractivity contribution in [3.63, 3.8) is 0 Å². The van der Waals surface area contributed by atoms with Crippen LogP contribution in [0.1, 0.15) is 64.9 Å². The van der Waals surface area contributed by atoms with Gasteiger partial charge in [-0.2, -0.15) is 0 Å². The number of carbonyl (C=O) groups is 2. The smallest absolute Gasteiger partial charge is 0.408 e. The summed E-state index contributed by atoms with van der Waals surface area (Å²) < 4.78 is 11.1. The molecule has 29 heavy (non-hydrogen) atoms. The van der Waals surface area contributed by atoms with E-state index in [0.717, 1.165) is 24.8 Å². The van der Waals surface area contributed by atoms with Crippen molar-refractivity contribution in [2.24, 2.45) is 5.92 Å². The van der Waals surface area contributed by atoms with Crippen LogP contribution in [0.25, 0.3) is 0 Å². The van der Waals surface area contributed by atoms with E-state index in [2.05, 4.69) is 5.32 Å². The van der Waals surface area contributed by atoms with Gasteiger partial charge in [0.05, 0.1) is 17.6 Å². The Morgan fingerprint density at radius 3 is 2.52 bits per heavy atom. The summed E-state index contributed by atoms with van der Waals surface area (Å²) in [6, 6.07) is 9.35. The summed E-state index contributed by atoms with van der Waals surface area (Å²) in [6.45, 7) is 5.43. The molecule has 1 aliphatic heterocycles. The number of aliphatic hydroxyl groups is 1. The van der Waals surface area contributed by atoms with Crippen molar-refractivity contribution in [3.8, 4) is 0 Å². The molecule has 3 atom stereocenters. The van der Waals surface area contributed by atoms with Crippen LogP contribution in [0, 0.1) is 5.92 Å². The Morgan fingerprint density at radius 2 is 1.90 bits per heavy atom. The number of benzene rings is 1. The van der Waals surface area contributed by atoms with Gasteiger partial charge in [0.25, 0.3) is 0 Å². The SMILES string of the molecule is CC(C)(C)OC(=O)N[C@@H](Cc1ccccc1)[C@@H]1C[C@H](C2(O)CCCCC2)C(=O)O1. The molecule has 1 saturated carbocycles. The van der Waals surface area contributed by atoms with Gasteiger partial charge in [-0.15, -0.1) is 0 Å². The van der Waals surface area contributed by atoms with Crippen LogP contribution < -0.4 is 5.32 Å². The minimum Gasteiger partial charge on any atom is -0.460 e. The molecule has 2 aliphatic rings. The number of hydrogen-bond donors (Lipinski definition) is 2. The molecule has 1 saturated heterocycles. The van der Waals surface area contributed by atoms with Gasteiger partial charge in [-0.05, 0) is 45.6 Å². The molecule has 0 bridgehead atoms. The van der Waals surface area contributed by atoms with Gasteiger partial charge in [0.15, 0.2) is 0 Å². The average Bonchev–Trinajstić information content (AvgIpc) is 3.04. The van der Waals surface area contributed by atoms with Gasteiger partial charge in [-0.1, -0.05) is 49.6 Å². The topological polar surface area (TPSA) is 84.9 Å². The summed E-state index contributed by atoms with van der Waals surface area (Å²) in [5.74, 6) is -0.894. The Morgan fingerprint density at radius 1 is 1.24 bits per heavy atom. The van der Waals surface area contributed by atoms with E-state index < -0.39 is 35.4 Å². The first-order valence-corrected chi connectivity index (χ1v) is 10.6. The molecular weight excluding hydrogens is 370 g/mol. The van der Waals surface area contributed by atoms with E-state index in [4.69, 9.17) is 9.47 Å². The van der Waals surface area contributed by atoms with Crippen molar-refractivity contribution in [3.05, 3.63) is 35.9 Å². The van der Waals surface area contributed by atoms with Crippen molar-refractivity contribution in [1.82, 2.24) is 5.32 Å². The lowest BCUT2D eigenvalue weighted by molar-refractivity contribution is -0.153. The summed E-state index contributed by atoms with van der Waals surface area (Å²) in [4.78, 5) is 25.1. The summed E-state index contributed by atoms with van der Waals surface area (Å²) in [5.41, 5.74) is -0.578. The van der Waals surface area contributed by atoms with E-state index in [0.29, 0.717) is 25.7 Å². The second-order valence-electron chi connectivity index (χ2n) is 9.37. The third-order valence-electron chi connectivity index (χ3n) is 5.84. The van der Waals surface area contributed by atoms with Gasteiger partial charge in [-0.25, -0.2) is 4.79 Å². The summed E-state index contributed by atoms with van der Waals surface area (Å²) in [7, 11) is 0. The van der Waals surface area contributed by atoms with Gasteiger partial charge >= 0.3 is 12.1 Å². The Labute approximate surface area is 173 Å². The van der Waals surface area contributed by atoms with Crippen LogP contribution in [0.2, 0.25) is 0 Å². The number of carbonyl (C=O) groups excluding carboxylic acids is 2. The summed E-state index contributed by atoms with van der Waals surface area (Å²) in [6.07, 6.45) is 4.09. The number of amides is 1. The number of ether oxygens (including phenoxy) is 2. The molecule has 6 nitrogen and oxygen atoms in total. The van der Waals surface area contributed by atoms with Crippen LogP contribution >= 0.6 is 0 Å². The molecule has 0 radical (unpaired) electrons. The first-order valence-electron chi connectivity index (χ1n) is 10.6. The summed E-state index contributed by atoms with van der Waals surface area (Å²) >= 11 is 0. The first-order chi connectivity index (χ1) is 13.7. The zero-order valence-electron chi connectivity index (χ0n) is 17.6. The molecule has 3 rings (SSSR count). The van der Waals surface area contributed by atoms with Gasteiger partial charge in [0.1, 0.15) is 11.7 Å². The molecule has 160 valence electrons. The molecule has 2 N–H and O–H groups in total. The van der Waals surface area contributed by atoms with Gasteiger partial charge in [0.2, 0.25) is 0 Å². The quantitative estimate of drug-likeness (QED) is 0.732. The number of hydrogen-bond acceptors (Lipinski definition) is 5. The maximum absolute atomic E-state index is 12.6. The van der Waals surface area contributed by atoms with Crippen LogP contribution in [0.15, 0.2) is 30.3 Å².